The summed E-state index contributed by atoms with van der Waals surface area (Å²) in [6.07, 6.45) is 0.574. The number of alkyl halides is 2. The number of methoxy groups -OCH3 is 1. The fourth-order valence-corrected chi connectivity index (χ4v) is 2.69. The first-order valence-corrected chi connectivity index (χ1v) is 7.20. The highest BCUT2D eigenvalue weighted by atomic mass is 35.5. The van der Waals surface area contributed by atoms with Crippen LogP contribution in [0.3, 0.4) is 0 Å². The fraction of sp³-hybridized carbons (Fsp3) is 0.571. The molecule has 108 valence electrons. The van der Waals surface area contributed by atoms with Crippen LogP contribution in [0.2, 0.25) is 0 Å². The summed E-state index contributed by atoms with van der Waals surface area (Å²) in [5.41, 5.74) is -0.0445. The molecule has 2 nitrogen and oxygen atoms in total. The molecule has 1 aromatic carbocycles. The van der Waals surface area contributed by atoms with Gasteiger partial charge in [-0.1, -0.05) is 18.2 Å². The number of halogens is 3. The lowest BCUT2D eigenvalue weighted by Crippen LogP contribution is -2.33. The van der Waals surface area contributed by atoms with E-state index < -0.39 is 5.41 Å². The molecule has 0 spiro atoms. The predicted molar refractivity (Wildman–Crippen MR) is 76.8 cm³/mol. The fourth-order valence-electron chi connectivity index (χ4n) is 1.85. The normalized spacial score (nSPS) is 11.8. The van der Waals surface area contributed by atoms with E-state index in [2.05, 4.69) is 0 Å². The van der Waals surface area contributed by atoms with Crippen LogP contribution in [0.1, 0.15) is 12.0 Å². The van der Waals surface area contributed by atoms with Crippen LogP contribution in [0.5, 0.6) is 0 Å². The molecular formula is C14H19Cl2FO2. The zero-order chi connectivity index (χ0) is 14.1. The second kappa shape index (κ2) is 8.75. The zero-order valence-electron chi connectivity index (χ0n) is 11.0. The Balaban J connectivity index is 2.71. The van der Waals surface area contributed by atoms with Gasteiger partial charge in [-0.15, -0.1) is 23.2 Å². The van der Waals surface area contributed by atoms with Gasteiger partial charge in [0.15, 0.2) is 0 Å². The summed E-state index contributed by atoms with van der Waals surface area (Å²) in [5, 5.41) is 0. The van der Waals surface area contributed by atoms with Crippen LogP contribution in [0, 0.1) is 5.82 Å². The molecule has 0 saturated heterocycles. The van der Waals surface area contributed by atoms with E-state index in [1.807, 2.05) is 0 Å². The summed E-state index contributed by atoms with van der Waals surface area (Å²) in [4.78, 5) is 0. The van der Waals surface area contributed by atoms with E-state index in [9.17, 15) is 4.39 Å². The van der Waals surface area contributed by atoms with Crippen LogP contribution in [0.15, 0.2) is 24.3 Å². The summed E-state index contributed by atoms with van der Waals surface area (Å²) >= 11 is 12.1. The standard InChI is InChI=1S/C14H19Cl2FO2/c1-18-8-9-19-7-6-14(10-15,11-16)12-4-2-3-5-13(12)17/h2-5H,6-11H2,1H3. The van der Waals surface area contributed by atoms with Gasteiger partial charge in [0.1, 0.15) is 5.82 Å². The van der Waals surface area contributed by atoms with E-state index in [4.69, 9.17) is 32.7 Å². The lowest BCUT2D eigenvalue weighted by Gasteiger charge is -2.30. The topological polar surface area (TPSA) is 18.5 Å². The molecule has 0 fully saturated rings. The molecule has 0 bridgehead atoms. The van der Waals surface area contributed by atoms with Crippen LogP contribution in [0.25, 0.3) is 0 Å². The van der Waals surface area contributed by atoms with Crippen LogP contribution < -0.4 is 0 Å². The number of benzene rings is 1. The van der Waals surface area contributed by atoms with Gasteiger partial charge in [-0.25, -0.2) is 4.39 Å². The average Bonchev–Trinajstić information content (AvgIpc) is 2.44. The van der Waals surface area contributed by atoms with Gasteiger partial charge in [0.2, 0.25) is 0 Å². The Bertz CT molecular complexity index is 370. The molecule has 0 amide bonds. The number of hydrogen-bond acceptors (Lipinski definition) is 2. The Kier molecular flexibility index (Phi) is 7.69. The summed E-state index contributed by atoms with van der Waals surface area (Å²) in [6.45, 7) is 1.51. The number of ether oxygens (including phenoxy) is 2. The molecule has 0 aliphatic carbocycles. The highest BCUT2D eigenvalue weighted by Crippen LogP contribution is 2.33. The van der Waals surface area contributed by atoms with Crippen molar-refractivity contribution >= 4 is 23.2 Å². The van der Waals surface area contributed by atoms with Gasteiger partial charge in [-0.3, -0.25) is 0 Å². The molecule has 0 heterocycles. The third-order valence-corrected chi connectivity index (χ3v) is 4.14. The Morgan fingerprint density at radius 2 is 1.79 bits per heavy atom. The highest BCUT2D eigenvalue weighted by Gasteiger charge is 2.32. The second-order valence-electron chi connectivity index (χ2n) is 4.38. The largest absolute Gasteiger partial charge is 0.382 e. The maximum Gasteiger partial charge on any atom is 0.127 e. The SMILES string of the molecule is COCCOCCC(CCl)(CCl)c1ccccc1F. The van der Waals surface area contributed by atoms with Crippen molar-refractivity contribution in [3.63, 3.8) is 0 Å². The summed E-state index contributed by atoms with van der Waals surface area (Å²) in [7, 11) is 1.62. The number of hydrogen-bond donors (Lipinski definition) is 0. The monoisotopic (exact) mass is 308 g/mol. The van der Waals surface area contributed by atoms with Crippen LogP contribution in [-0.4, -0.2) is 38.7 Å². The van der Waals surface area contributed by atoms with E-state index in [-0.39, 0.29) is 17.6 Å². The smallest absolute Gasteiger partial charge is 0.127 e. The molecule has 0 radical (unpaired) electrons. The minimum Gasteiger partial charge on any atom is -0.382 e. The minimum atomic E-state index is -0.596. The molecule has 0 aliphatic rings. The predicted octanol–water partition coefficient (Wildman–Crippen LogP) is 3.59. The number of rotatable bonds is 9. The Hall–Kier alpha value is -0.350. The van der Waals surface area contributed by atoms with Gasteiger partial charge in [0, 0.05) is 30.9 Å². The molecule has 0 aliphatic heterocycles. The van der Waals surface area contributed by atoms with Crippen molar-refractivity contribution in [3.8, 4) is 0 Å². The Morgan fingerprint density at radius 3 is 2.37 bits per heavy atom. The summed E-state index contributed by atoms with van der Waals surface area (Å²) in [5.74, 6) is 0.233. The van der Waals surface area contributed by atoms with E-state index >= 15 is 0 Å². The second-order valence-corrected chi connectivity index (χ2v) is 4.92. The van der Waals surface area contributed by atoms with Crippen molar-refractivity contribution in [3.05, 3.63) is 35.6 Å². The van der Waals surface area contributed by atoms with Gasteiger partial charge in [-0.2, -0.15) is 0 Å². The molecule has 0 atom stereocenters. The van der Waals surface area contributed by atoms with E-state index in [0.717, 1.165) is 0 Å². The lowest BCUT2D eigenvalue weighted by molar-refractivity contribution is 0.0630. The third-order valence-electron chi connectivity index (χ3n) is 3.11. The zero-order valence-corrected chi connectivity index (χ0v) is 12.5. The Morgan fingerprint density at radius 1 is 1.11 bits per heavy atom. The van der Waals surface area contributed by atoms with Gasteiger partial charge in [0.25, 0.3) is 0 Å². The van der Waals surface area contributed by atoms with Crippen molar-refractivity contribution in [2.75, 3.05) is 38.7 Å². The highest BCUT2D eigenvalue weighted by molar-refractivity contribution is 6.22. The molecule has 0 saturated carbocycles. The van der Waals surface area contributed by atoms with E-state index in [0.29, 0.717) is 31.8 Å². The molecule has 1 aromatic rings. The molecule has 0 N–H and O–H groups in total. The van der Waals surface area contributed by atoms with E-state index in [1.165, 1.54) is 6.07 Å². The van der Waals surface area contributed by atoms with Crippen molar-refractivity contribution in [1.29, 1.82) is 0 Å². The van der Waals surface area contributed by atoms with E-state index in [1.54, 1.807) is 25.3 Å². The minimum absolute atomic E-state index is 0.255. The molecule has 1 rings (SSSR count). The van der Waals surface area contributed by atoms with Crippen LogP contribution >= 0.6 is 23.2 Å². The summed E-state index contributed by atoms with van der Waals surface area (Å²) < 4.78 is 24.2. The first-order valence-electron chi connectivity index (χ1n) is 6.14. The molecule has 5 heteroatoms. The van der Waals surface area contributed by atoms with Crippen molar-refractivity contribution < 1.29 is 13.9 Å². The van der Waals surface area contributed by atoms with Gasteiger partial charge >= 0.3 is 0 Å². The quantitative estimate of drug-likeness (QED) is 0.513. The summed E-state index contributed by atoms with van der Waals surface area (Å²) in [6, 6.07) is 6.60. The molecule has 19 heavy (non-hydrogen) atoms. The maximum absolute atomic E-state index is 13.9. The lowest BCUT2D eigenvalue weighted by atomic mass is 9.81. The van der Waals surface area contributed by atoms with Crippen molar-refractivity contribution in [2.45, 2.75) is 11.8 Å². The van der Waals surface area contributed by atoms with Gasteiger partial charge in [0.05, 0.1) is 13.2 Å². The molecule has 0 aromatic heterocycles. The van der Waals surface area contributed by atoms with Gasteiger partial charge in [-0.05, 0) is 18.1 Å². The molecular weight excluding hydrogens is 290 g/mol. The first-order chi connectivity index (χ1) is 9.20. The van der Waals surface area contributed by atoms with Crippen molar-refractivity contribution in [2.24, 2.45) is 0 Å². The first kappa shape index (κ1) is 16.7. The van der Waals surface area contributed by atoms with Crippen molar-refractivity contribution in [1.82, 2.24) is 0 Å². The maximum atomic E-state index is 13.9. The van der Waals surface area contributed by atoms with Crippen LogP contribution in [-0.2, 0) is 14.9 Å². The average molecular weight is 309 g/mol. The van der Waals surface area contributed by atoms with Gasteiger partial charge < -0.3 is 9.47 Å². The Labute approximate surface area is 123 Å². The van der Waals surface area contributed by atoms with Crippen LogP contribution in [0.4, 0.5) is 4.39 Å². The third kappa shape index (κ3) is 4.60. The molecule has 0 unspecified atom stereocenters.